The number of aliphatic hydroxyl groups excluding tert-OH is 1. The van der Waals surface area contributed by atoms with Crippen molar-refractivity contribution in [1.29, 1.82) is 0 Å². The van der Waals surface area contributed by atoms with Gasteiger partial charge in [-0.3, -0.25) is 19.2 Å². The molecule has 16 aliphatic carbocycles. The van der Waals surface area contributed by atoms with E-state index in [1.165, 1.54) is 165 Å². The maximum atomic E-state index is 13.6. The van der Waals surface area contributed by atoms with Gasteiger partial charge in [0, 0.05) is 30.1 Å². The van der Waals surface area contributed by atoms with Crippen LogP contribution in [0, 0.1) is 174 Å². The Morgan fingerprint density at radius 3 is 1.58 bits per heavy atom. The number of carbonyl (C=O) groups excluding carboxylic acids is 1. The summed E-state index contributed by atoms with van der Waals surface area (Å²) in [7, 11) is 0. The molecule has 11 nitrogen and oxygen atoms in total. The third kappa shape index (κ3) is 17.3. The van der Waals surface area contributed by atoms with Crippen molar-refractivity contribution in [1.82, 2.24) is 0 Å². The van der Waals surface area contributed by atoms with E-state index in [9.17, 15) is 24.3 Å². The monoisotopic (exact) mass is 1620 g/mol. The molecule has 0 saturated heterocycles. The molecule has 642 valence electrons. The van der Waals surface area contributed by atoms with E-state index in [2.05, 4.69) is 179 Å². The number of aliphatic carboxylic acids is 3. The Labute approximate surface area is 700 Å². The average molecular weight is 1620 g/mol. The number of ketones is 1. The quantitative estimate of drug-likeness (QED) is 0.107. The summed E-state index contributed by atoms with van der Waals surface area (Å²) in [6.45, 7) is 43.5. The molecule has 11 saturated carbocycles. The first-order chi connectivity index (χ1) is 54.1. The van der Waals surface area contributed by atoms with Crippen LogP contribution in [0.3, 0.4) is 0 Å². The van der Waals surface area contributed by atoms with Gasteiger partial charge in [-0.1, -0.05) is 201 Å². The second-order valence-corrected chi connectivity index (χ2v) is 45.5. The number of aliphatic hydroxyl groups is 1. The van der Waals surface area contributed by atoms with E-state index in [0.29, 0.717) is 117 Å². The molecule has 0 aromatic heterocycles. The van der Waals surface area contributed by atoms with Gasteiger partial charge in [-0.2, -0.15) is 0 Å². The Balaban J connectivity index is 0.000000139. The molecular formula is C103H158CrO11. The van der Waals surface area contributed by atoms with Crippen LogP contribution >= 0.6 is 0 Å². The van der Waals surface area contributed by atoms with Crippen molar-refractivity contribution >= 4 is 23.7 Å². The number of rotatable bonds is 16. The van der Waals surface area contributed by atoms with Gasteiger partial charge in [0.1, 0.15) is 0 Å². The fourth-order valence-electron chi connectivity index (χ4n) is 31.0. The van der Waals surface area contributed by atoms with Gasteiger partial charge >= 0.3 is 43.3 Å². The van der Waals surface area contributed by atoms with Crippen LogP contribution in [-0.2, 0) is 44.5 Å². The second-order valence-electron chi connectivity index (χ2n) is 44.9. The van der Waals surface area contributed by atoms with Gasteiger partial charge in [-0.05, 0) is 379 Å². The summed E-state index contributed by atoms with van der Waals surface area (Å²) >= 11 is -3.79. The van der Waals surface area contributed by atoms with Crippen LogP contribution in [-0.4, -0.2) is 50.2 Å². The number of carboxylic acid groups (broad SMARTS) is 3. The zero-order valence-corrected chi connectivity index (χ0v) is 76.3. The van der Waals surface area contributed by atoms with Crippen molar-refractivity contribution in [2.75, 3.05) is 0 Å². The predicted molar refractivity (Wildman–Crippen MR) is 457 cm³/mol. The zero-order valence-electron chi connectivity index (χ0n) is 75.1. The summed E-state index contributed by atoms with van der Waals surface area (Å²) in [6.07, 6.45) is 61.2. The molecular weight excluding hydrogens is 1470 g/mol. The normalized spacial score (nSPS) is 43.4. The fraction of sp³-hybridized carbons (Fsp3) is 0.806. The molecule has 16 rings (SSSR count). The van der Waals surface area contributed by atoms with Crippen molar-refractivity contribution in [2.24, 2.45) is 174 Å². The van der Waals surface area contributed by atoms with E-state index in [1.54, 1.807) is 22.3 Å². The number of hydrogen-bond acceptors (Lipinski definition) is 8. The first kappa shape index (κ1) is 90.1. The Bertz CT molecular complexity index is 3950. The van der Waals surface area contributed by atoms with Gasteiger partial charge in [0.05, 0.1) is 6.10 Å². The standard InChI is InChI=1S/C28H44O.C25H38O3.C25H40O2.C25H36O2.Cr.3O/c1-18(2)19(3)7-8-20(4)24-11-12-25-23-10-9-21-17-22(29)13-15-27(21,5)26(23)14-16-28(24,25)6;1-15-11-12-24(3)17(13-15)6-7-18-20-9-8-19(16(2)5-10-23(27)28)25(20,4)22(26)14-21(18)24;2*1-16-11-13-24(3)18(15-16)6-7-19-21-9-8-20(17(2)5-10-23(26)27)25(21,4)14-12-22(19)24;;;;/h7-10,18-20,22,24-26,29H,11-17H2,1-6H3;14-20H,5-13H2,1-4H3,(H,27,28);12,16-21H,5-11,13-15H2,1-4H3,(H,26,27);6-7,12,16-17,20-21H,5,8-11,13-15H2,1-4H3,(H,26,27);;;;/b8-7+;;;;;;;/t19?,20-,22+,24?,25?,26?,27+,28-;15-,16-,17+,18?,19?,20?,24+,25-;16-,17-,18+,19?,20?,21?,24+,25-;16-,17-,20?,21?,24+,25-;;;;/m1111..../s1. The summed E-state index contributed by atoms with van der Waals surface area (Å²) < 4.78 is 25.6. The molecule has 115 heavy (non-hydrogen) atoms. The van der Waals surface area contributed by atoms with Gasteiger partial charge in [-0.25, -0.2) is 0 Å². The SMILES string of the molecule is CC(C)C(C)/C=C/[C@@H](C)C1CCC2C3=CC=C4C[C@@H](O)CC[C@]4(C)C3CC[C@@]21C.C[C@@H]1CC[C@@]2(C)C(=CC=C3C2=CC[C@@]2(C)C3CCC2[C@H](C)CCC(=O)O)C1.C[C@@H]1CC[C@]2(C)C3=CC(=O)[C@@]4(C)C(CCC4[C@H](C)CCC(=O)O)C3CC[C@H]2C1.C[C@@H]1CC[C@]2(C)C3=CC[C@@]4(C)C(CCC4[C@H](C)CCC(=O)O)C3CC[C@H]2C1.[O]=[Cr](=[O])=[O]. The molecule has 4 N–H and O–H groups in total. The Hall–Kier alpha value is -4.11. The van der Waals surface area contributed by atoms with Crippen LogP contribution in [0.5, 0.6) is 0 Å². The minimum atomic E-state index is -3.79. The van der Waals surface area contributed by atoms with E-state index in [0.717, 1.165) is 104 Å². The Morgan fingerprint density at radius 2 is 0.983 bits per heavy atom. The summed E-state index contributed by atoms with van der Waals surface area (Å²) in [6, 6.07) is 0. The van der Waals surface area contributed by atoms with Crippen molar-refractivity contribution < 1.29 is 65.0 Å². The number of allylic oxidation sites excluding steroid dienone is 15. The van der Waals surface area contributed by atoms with E-state index >= 15 is 0 Å². The summed E-state index contributed by atoms with van der Waals surface area (Å²) in [5.41, 5.74) is 13.8. The zero-order chi connectivity index (χ0) is 83.6. The average Bonchev–Trinajstić information content (AvgIpc) is 1.67. The maximum absolute atomic E-state index is 13.6. The van der Waals surface area contributed by atoms with Crippen LogP contribution in [0.25, 0.3) is 0 Å². The summed E-state index contributed by atoms with van der Waals surface area (Å²) in [4.78, 5) is 46.7. The molecule has 11 fully saturated rings. The van der Waals surface area contributed by atoms with E-state index in [4.69, 9.17) is 26.7 Å². The van der Waals surface area contributed by atoms with E-state index < -0.39 is 31.9 Å². The molecule has 0 bridgehead atoms. The molecule has 30 atom stereocenters. The van der Waals surface area contributed by atoms with Crippen LogP contribution in [0.15, 0.2) is 93.7 Å². The summed E-state index contributed by atoms with van der Waals surface area (Å²) in [5, 5.41) is 37.5. The van der Waals surface area contributed by atoms with Crippen molar-refractivity contribution in [3.63, 3.8) is 0 Å². The number of carbonyl (C=O) groups is 4. The van der Waals surface area contributed by atoms with E-state index in [1.807, 2.05) is 5.57 Å². The first-order valence-electron chi connectivity index (χ1n) is 47.4. The number of fused-ring (bicyclic) bond motifs is 20. The fourth-order valence-corrected chi connectivity index (χ4v) is 31.0. The molecule has 0 aliphatic heterocycles. The van der Waals surface area contributed by atoms with Crippen molar-refractivity contribution in [3.8, 4) is 0 Å². The topological polar surface area (TPSA) is 200 Å². The molecule has 0 aromatic rings. The summed E-state index contributed by atoms with van der Waals surface area (Å²) in [5.74, 6) is 13.3. The van der Waals surface area contributed by atoms with Crippen LogP contribution in [0.4, 0.5) is 0 Å². The van der Waals surface area contributed by atoms with Gasteiger partial charge in [0.2, 0.25) is 0 Å². The molecule has 0 aromatic carbocycles. The van der Waals surface area contributed by atoms with Crippen LogP contribution < -0.4 is 0 Å². The van der Waals surface area contributed by atoms with E-state index in [-0.39, 0.29) is 28.8 Å². The van der Waals surface area contributed by atoms with Gasteiger partial charge in [0.15, 0.2) is 5.78 Å². The molecule has 0 radical (unpaired) electrons. The molecule has 16 aliphatic rings. The molecule has 0 spiro atoms. The van der Waals surface area contributed by atoms with Crippen LogP contribution in [0.2, 0.25) is 0 Å². The number of hydrogen-bond donors (Lipinski definition) is 4. The predicted octanol–water partition coefficient (Wildman–Crippen LogP) is 26.1. The first-order valence-corrected chi connectivity index (χ1v) is 48.9. The number of carboxylic acids is 3. The third-order valence-corrected chi connectivity index (χ3v) is 38.5. The second kappa shape index (κ2) is 35.4. The Kier molecular flexibility index (Phi) is 27.7. The van der Waals surface area contributed by atoms with Crippen LogP contribution in [0.1, 0.15) is 343 Å². The van der Waals surface area contributed by atoms with Gasteiger partial charge in [-0.15, -0.1) is 0 Å². The molecule has 12 unspecified atom stereocenters. The molecule has 12 heteroatoms. The van der Waals surface area contributed by atoms with Gasteiger partial charge in [0.25, 0.3) is 0 Å². The van der Waals surface area contributed by atoms with Crippen molar-refractivity contribution in [2.45, 2.75) is 349 Å². The Morgan fingerprint density at radius 1 is 0.478 bits per heavy atom. The van der Waals surface area contributed by atoms with Crippen molar-refractivity contribution in [3.05, 3.63) is 93.7 Å². The minimum absolute atomic E-state index is 0.116. The third-order valence-electron chi connectivity index (χ3n) is 38.5. The van der Waals surface area contributed by atoms with Gasteiger partial charge < -0.3 is 20.4 Å². The molecule has 0 heterocycles. The molecule has 0 amide bonds.